The van der Waals surface area contributed by atoms with E-state index in [0.29, 0.717) is 26.2 Å². The maximum atomic E-state index is 12.7. The number of hydrogen-bond acceptors (Lipinski definition) is 3. The third kappa shape index (κ3) is 3.32. The van der Waals surface area contributed by atoms with E-state index in [4.69, 9.17) is 5.73 Å². The highest BCUT2D eigenvalue weighted by Gasteiger charge is 2.46. The Labute approximate surface area is 88.0 Å². The summed E-state index contributed by atoms with van der Waals surface area (Å²) in [6.07, 6.45) is -4.23. The SMILES string of the molecule is CC(N)C(N1CCN(C)CC1)C(F)(F)F. The fourth-order valence-corrected chi connectivity index (χ4v) is 1.94. The number of likely N-dealkylation sites (N-methyl/N-ethyl adjacent to an activating group) is 1. The first-order valence-corrected chi connectivity index (χ1v) is 5.07. The topological polar surface area (TPSA) is 32.5 Å². The van der Waals surface area contributed by atoms with E-state index in [1.807, 2.05) is 11.9 Å². The Morgan fingerprint density at radius 2 is 1.60 bits per heavy atom. The van der Waals surface area contributed by atoms with Crippen molar-refractivity contribution in [1.82, 2.24) is 9.80 Å². The third-order valence-electron chi connectivity index (χ3n) is 2.76. The molecule has 2 unspecified atom stereocenters. The molecule has 2 N–H and O–H groups in total. The molecule has 0 bridgehead atoms. The molecule has 1 rings (SSSR count). The van der Waals surface area contributed by atoms with E-state index in [-0.39, 0.29) is 0 Å². The van der Waals surface area contributed by atoms with Crippen molar-refractivity contribution in [3.8, 4) is 0 Å². The van der Waals surface area contributed by atoms with Crippen LogP contribution in [0.2, 0.25) is 0 Å². The van der Waals surface area contributed by atoms with Crippen molar-refractivity contribution in [3.05, 3.63) is 0 Å². The Morgan fingerprint density at radius 3 is 1.93 bits per heavy atom. The molecule has 0 aromatic carbocycles. The molecule has 15 heavy (non-hydrogen) atoms. The van der Waals surface area contributed by atoms with Gasteiger partial charge in [-0.2, -0.15) is 13.2 Å². The van der Waals surface area contributed by atoms with Gasteiger partial charge in [-0.1, -0.05) is 0 Å². The highest BCUT2D eigenvalue weighted by atomic mass is 19.4. The summed E-state index contributed by atoms with van der Waals surface area (Å²) in [5.41, 5.74) is 5.41. The van der Waals surface area contributed by atoms with Crippen LogP contribution < -0.4 is 5.73 Å². The Hall–Kier alpha value is -0.330. The normalized spacial score (nSPS) is 25.2. The molecule has 6 heteroatoms. The molecule has 0 spiro atoms. The molecule has 1 heterocycles. The molecular weight excluding hydrogens is 207 g/mol. The summed E-state index contributed by atoms with van der Waals surface area (Å²) < 4.78 is 38.2. The van der Waals surface area contributed by atoms with Gasteiger partial charge in [-0.05, 0) is 14.0 Å². The number of hydrogen-bond donors (Lipinski definition) is 1. The summed E-state index contributed by atoms with van der Waals surface area (Å²) in [5.74, 6) is 0. The molecule has 3 nitrogen and oxygen atoms in total. The zero-order chi connectivity index (χ0) is 11.6. The summed E-state index contributed by atoms with van der Waals surface area (Å²) in [5, 5.41) is 0. The largest absolute Gasteiger partial charge is 0.405 e. The second-order valence-corrected chi connectivity index (χ2v) is 4.18. The first kappa shape index (κ1) is 12.7. The summed E-state index contributed by atoms with van der Waals surface area (Å²) in [7, 11) is 1.91. The van der Waals surface area contributed by atoms with Crippen molar-refractivity contribution < 1.29 is 13.2 Å². The van der Waals surface area contributed by atoms with E-state index in [2.05, 4.69) is 0 Å². The summed E-state index contributed by atoms with van der Waals surface area (Å²) in [6, 6.07) is -2.39. The molecule has 0 saturated carbocycles. The van der Waals surface area contributed by atoms with Crippen LogP contribution in [-0.2, 0) is 0 Å². The van der Waals surface area contributed by atoms with Crippen LogP contribution in [0, 0.1) is 0 Å². The smallest absolute Gasteiger partial charge is 0.326 e. The average Bonchev–Trinajstić information content (AvgIpc) is 2.05. The van der Waals surface area contributed by atoms with Crippen molar-refractivity contribution in [2.75, 3.05) is 33.2 Å². The molecule has 0 aliphatic carbocycles. The average molecular weight is 225 g/mol. The monoisotopic (exact) mass is 225 g/mol. The molecule has 0 aromatic heterocycles. The Bertz CT molecular complexity index is 197. The van der Waals surface area contributed by atoms with Gasteiger partial charge in [-0.25, -0.2) is 0 Å². The van der Waals surface area contributed by atoms with Crippen molar-refractivity contribution in [2.24, 2.45) is 5.73 Å². The van der Waals surface area contributed by atoms with Gasteiger partial charge in [0.1, 0.15) is 6.04 Å². The number of nitrogens with zero attached hydrogens (tertiary/aromatic N) is 2. The van der Waals surface area contributed by atoms with Gasteiger partial charge in [0.15, 0.2) is 0 Å². The van der Waals surface area contributed by atoms with E-state index in [1.54, 1.807) is 0 Å². The van der Waals surface area contributed by atoms with Crippen molar-refractivity contribution in [1.29, 1.82) is 0 Å². The zero-order valence-corrected chi connectivity index (χ0v) is 9.09. The van der Waals surface area contributed by atoms with Crippen LogP contribution >= 0.6 is 0 Å². The van der Waals surface area contributed by atoms with Crippen LogP contribution in [0.4, 0.5) is 13.2 Å². The molecule has 2 atom stereocenters. The van der Waals surface area contributed by atoms with Gasteiger partial charge < -0.3 is 10.6 Å². The molecule has 0 amide bonds. The van der Waals surface area contributed by atoms with Crippen LogP contribution in [0.3, 0.4) is 0 Å². The van der Waals surface area contributed by atoms with E-state index < -0.39 is 18.3 Å². The molecule has 1 aliphatic heterocycles. The molecule has 0 aromatic rings. The lowest BCUT2D eigenvalue weighted by Crippen LogP contribution is -2.59. The van der Waals surface area contributed by atoms with Gasteiger partial charge in [0.25, 0.3) is 0 Å². The maximum absolute atomic E-state index is 12.7. The minimum atomic E-state index is -4.23. The predicted octanol–water partition coefficient (Wildman–Crippen LogP) is 0.512. The van der Waals surface area contributed by atoms with Gasteiger partial charge >= 0.3 is 6.18 Å². The standard InChI is InChI=1S/C9H18F3N3/c1-7(13)8(9(10,11)12)15-5-3-14(2)4-6-15/h7-8H,3-6,13H2,1-2H3. The van der Waals surface area contributed by atoms with Crippen LogP contribution in [-0.4, -0.2) is 61.3 Å². The second-order valence-electron chi connectivity index (χ2n) is 4.18. The highest BCUT2D eigenvalue weighted by Crippen LogP contribution is 2.27. The molecular formula is C9H18F3N3. The van der Waals surface area contributed by atoms with Gasteiger partial charge in [-0.3, -0.25) is 4.90 Å². The lowest BCUT2D eigenvalue weighted by molar-refractivity contribution is -0.191. The van der Waals surface area contributed by atoms with Crippen LogP contribution in [0.25, 0.3) is 0 Å². The molecule has 1 aliphatic rings. The lowest BCUT2D eigenvalue weighted by atomic mass is 10.1. The Kier molecular flexibility index (Phi) is 3.97. The predicted molar refractivity (Wildman–Crippen MR) is 52.6 cm³/mol. The number of alkyl halides is 3. The lowest BCUT2D eigenvalue weighted by Gasteiger charge is -2.40. The van der Waals surface area contributed by atoms with Crippen LogP contribution in [0.15, 0.2) is 0 Å². The third-order valence-corrected chi connectivity index (χ3v) is 2.76. The highest BCUT2D eigenvalue weighted by molar-refractivity contribution is 4.88. The van der Waals surface area contributed by atoms with Gasteiger partial charge in [0, 0.05) is 32.2 Å². The van der Waals surface area contributed by atoms with Crippen LogP contribution in [0.5, 0.6) is 0 Å². The summed E-state index contributed by atoms with van der Waals surface area (Å²) >= 11 is 0. The Morgan fingerprint density at radius 1 is 1.13 bits per heavy atom. The van der Waals surface area contributed by atoms with E-state index in [9.17, 15) is 13.2 Å². The molecule has 0 radical (unpaired) electrons. The van der Waals surface area contributed by atoms with Crippen LogP contribution in [0.1, 0.15) is 6.92 Å². The molecule has 90 valence electrons. The summed E-state index contributed by atoms with van der Waals surface area (Å²) in [4.78, 5) is 3.45. The quantitative estimate of drug-likeness (QED) is 0.743. The van der Waals surface area contributed by atoms with Gasteiger partial charge in [0.2, 0.25) is 0 Å². The number of halogens is 3. The van der Waals surface area contributed by atoms with Crippen molar-refractivity contribution >= 4 is 0 Å². The maximum Gasteiger partial charge on any atom is 0.405 e. The first-order valence-electron chi connectivity index (χ1n) is 5.07. The number of piperazine rings is 1. The minimum Gasteiger partial charge on any atom is -0.326 e. The van der Waals surface area contributed by atoms with E-state index in [0.717, 1.165) is 0 Å². The molecule has 1 saturated heterocycles. The van der Waals surface area contributed by atoms with Gasteiger partial charge in [0.05, 0.1) is 0 Å². The zero-order valence-electron chi connectivity index (χ0n) is 9.09. The van der Waals surface area contributed by atoms with Gasteiger partial charge in [-0.15, -0.1) is 0 Å². The Balaban J connectivity index is 2.65. The number of nitrogens with two attached hydrogens (primary N) is 1. The number of rotatable bonds is 2. The fourth-order valence-electron chi connectivity index (χ4n) is 1.94. The van der Waals surface area contributed by atoms with Crippen molar-refractivity contribution in [3.63, 3.8) is 0 Å². The molecule has 1 fully saturated rings. The van der Waals surface area contributed by atoms with E-state index >= 15 is 0 Å². The van der Waals surface area contributed by atoms with Crippen molar-refractivity contribution in [2.45, 2.75) is 25.2 Å². The van der Waals surface area contributed by atoms with E-state index in [1.165, 1.54) is 11.8 Å². The first-order chi connectivity index (χ1) is 6.82. The second kappa shape index (κ2) is 4.67. The minimum absolute atomic E-state index is 0.433. The fraction of sp³-hybridized carbons (Fsp3) is 1.00. The summed E-state index contributed by atoms with van der Waals surface area (Å²) in [6.45, 7) is 3.61.